The van der Waals surface area contributed by atoms with Gasteiger partial charge in [-0.25, -0.2) is 0 Å². The molecule has 0 atom stereocenters. The number of amides is 1. The molecule has 1 aliphatic carbocycles. The minimum absolute atomic E-state index is 0.199. The maximum Gasteiger partial charge on any atom is 0.220 e. The first-order valence-electron chi connectivity index (χ1n) is 7.07. The molecule has 2 aromatic rings. The van der Waals surface area contributed by atoms with E-state index in [1.807, 2.05) is 6.07 Å². The fourth-order valence-electron chi connectivity index (χ4n) is 2.37. The third-order valence-corrected chi connectivity index (χ3v) is 4.76. The van der Waals surface area contributed by atoms with Gasteiger partial charge in [-0.15, -0.1) is 11.3 Å². The standard InChI is InChI=1S/C16H19NO2S/c1-19-13-4-5-15-14(9-13)12(10-20-15)6-7-17-16(18)8-11-2-3-11/h4-5,9-11H,2-3,6-8H2,1H3,(H,17,18). The Kier molecular flexibility index (Phi) is 3.92. The Morgan fingerprint density at radius 2 is 2.30 bits per heavy atom. The zero-order chi connectivity index (χ0) is 13.9. The number of carbonyl (C=O) groups is 1. The molecular weight excluding hydrogens is 270 g/mol. The second-order valence-electron chi connectivity index (χ2n) is 5.37. The third-order valence-electron chi connectivity index (χ3n) is 3.75. The molecule has 1 aromatic heterocycles. The summed E-state index contributed by atoms with van der Waals surface area (Å²) in [7, 11) is 1.69. The molecule has 0 saturated heterocycles. The van der Waals surface area contributed by atoms with Crippen LogP contribution in [0.3, 0.4) is 0 Å². The molecule has 1 aliphatic rings. The summed E-state index contributed by atoms with van der Waals surface area (Å²) in [5.74, 6) is 1.74. The van der Waals surface area contributed by atoms with E-state index in [1.54, 1.807) is 18.4 Å². The van der Waals surface area contributed by atoms with Crippen LogP contribution in [0.2, 0.25) is 0 Å². The third kappa shape index (κ3) is 3.12. The number of methoxy groups -OCH3 is 1. The summed E-state index contributed by atoms with van der Waals surface area (Å²) in [6.45, 7) is 0.717. The second-order valence-corrected chi connectivity index (χ2v) is 6.28. The van der Waals surface area contributed by atoms with Gasteiger partial charge in [0.15, 0.2) is 0 Å². The average Bonchev–Trinajstić information content (AvgIpc) is 3.18. The van der Waals surface area contributed by atoms with Crippen LogP contribution >= 0.6 is 11.3 Å². The molecule has 106 valence electrons. The van der Waals surface area contributed by atoms with Crippen LogP contribution in [0.4, 0.5) is 0 Å². The summed E-state index contributed by atoms with van der Waals surface area (Å²) >= 11 is 1.74. The highest BCUT2D eigenvalue weighted by Gasteiger charge is 2.23. The monoisotopic (exact) mass is 289 g/mol. The highest BCUT2D eigenvalue weighted by atomic mass is 32.1. The topological polar surface area (TPSA) is 38.3 Å². The molecular formula is C16H19NO2S. The zero-order valence-corrected chi connectivity index (χ0v) is 12.5. The van der Waals surface area contributed by atoms with Gasteiger partial charge in [0.1, 0.15) is 5.75 Å². The van der Waals surface area contributed by atoms with Crippen LogP contribution in [-0.2, 0) is 11.2 Å². The number of hydrogen-bond acceptors (Lipinski definition) is 3. The van der Waals surface area contributed by atoms with Crippen LogP contribution in [0.1, 0.15) is 24.8 Å². The quantitative estimate of drug-likeness (QED) is 0.885. The normalized spacial score (nSPS) is 14.4. The van der Waals surface area contributed by atoms with Gasteiger partial charge in [0.05, 0.1) is 7.11 Å². The lowest BCUT2D eigenvalue weighted by Crippen LogP contribution is -2.25. The van der Waals surface area contributed by atoms with Gasteiger partial charge in [0.25, 0.3) is 0 Å². The van der Waals surface area contributed by atoms with Crippen molar-refractivity contribution in [1.29, 1.82) is 0 Å². The number of carbonyl (C=O) groups excluding carboxylic acids is 1. The summed E-state index contributed by atoms with van der Waals surface area (Å²) in [4.78, 5) is 11.7. The van der Waals surface area contributed by atoms with E-state index >= 15 is 0 Å². The minimum atomic E-state index is 0.199. The Balaban J connectivity index is 1.60. The van der Waals surface area contributed by atoms with Gasteiger partial charge in [-0.05, 0) is 59.7 Å². The second kappa shape index (κ2) is 5.83. The molecule has 1 amide bonds. The number of thiophene rings is 1. The number of nitrogens with one attached hydrogen (secondary N) is 1. The van der Waals surface area contributed by atoms with Gasteiger partial charge >= 0.3 is 0 Å². The Bertz CT molecular complexity index is 616. The first-order valence-corrected chi connectivity index (χ1v) is 7.95. The first kappa shape index (κ1) is 13.4. The largest absolute Gasteiger partial charge is 0.497 e. The van der Waals surface area contributed by atoms with Gasteiger partial charge in [-0.1, -0.05) is 0 Å². The molecule has 0 unspecified atom stereocenters. The zero-order valence-electron chi connectivity index (χ0n) is 11.6. The summed E-state index contributed by atoms with van der Waals surface area (Å²) in [6, 6.07) is 6.15. The van der Waals surface area contributed by atoms with Gasteiger partial charge in [-0.2, -0.15) is 0 Å². The van der Waals surface area contributed by atoms with Gasteiger partial charge < -0.3 is 10.1 Å². The van der Waals surface area contributed by atoms with Crippen molar-refractivity contribution >= 4 is 27.3 Å². The molecule has 0 bridgehead atoms. The molecule has 0 radical (unpaired) electrons. The van der Waals surface area contributed by atoms with Crippen molar-refractivity contribution in [1.82, 2.24) is 5.32 Å². The predicted molar refractivity (Wildman–Crippen MR) is 82.4 cm³/mol. The van der Waals surface area contributed by atoms with Crippen molar-refractivity contribution in [3.8, 4) is 5.75 Å². The van der Waals surface area contributed by atoms with Crippen LogP contribution < -0.4 is 10.1 Å². The highest BCUT2D eigenvalue weighted by molar-refractivity contribution is 7.17. The minimum Gasteiger partial charge on any atom is -0.497 e. The number of benzene rings is 1. The Morgan fingerprint density at radius 3 is 3.05 bits per heavy atom. The van der Waals surface area contributed by atoms with Gasteiger partial charge in [-0.3, -0.25) is 4.79 Å². The average molecular weight is 289 g/mol. The molecule has 3 nitrogen and oxygen atoms in total. The number of ether oxygens (including phenoxy) is 1. The molecule has 1 saturated carbocycles. The molecule has 1 heterocycles. The van der Waals surface area contributed by atoms with E-state index < -0.39 is 0 Å². The van der Waals surface area contributed by atoms with Crippen molar-refractivity contribution in [2.24, 2.45) is 5.92 Å². The van der Waals surface area contributed by atoms with Crippen LogP contribution in [0, 0.1) is 5.92 Å². The van der Waals surface area contributed by atoms with E-state index in [2.05, 4.69) is 22.8 Å². The van der Waals surface area contributed by atoms with Crippen LogP contribution in [0.15, 0.2) is 23.6 Å². The van der Waals surface area contributed by atoms with Crippen LogP contribution in [0.25, 0.3) is 10.1 Å². The highest BCUT2D eigenvalue weighted by Crippen LogP contribution is 2.32. The number of fused-ring (bicyclic) bond motifs is 1. The number of hydrogen-bond donors (Lipinski definition) is 1. The molecule has 3 rings (SSSR count). The van der Waals surface area contributed by atoms with E-state index in [9.17, 15) is 4.79 Å². The predicted octanol–water partition coefficient (Wildman–Crippen LogP) is 3.37. The molecule has 4 heteroatoms. The SMILES string of the molecule is COc1ccc2scc(CCNC(=O)CC3CC3)c2c1. The van der Waals surface area contributed by atoms with Gasteiger partial charge in [0, 0.05) is 17.7 Å². The van der Waals surface area contributed by atoms with E-state index in [0.29, 0.717) is 18.9 Å². The fourth-order valence-corrected chi connectivity index (χ4v) is 3.35. The molecule has 0 spiro atoms. The van der Waals surface area contributed by atoms with Gasteiger partial charge in [0.2, 0.25) is 5.91 Å². The lowest BCUT2D eigenvalue weighted by atomic mass is 10.1. The Labute approximate surface area is 122 Å². The molecule has 1 fully saturated rings. The van der Waals surface area contributed by atoms with Crippen LogP contribution in [-0.4, -0.2) is 19.6 Å². The maximum atomic E-state index is 11.7. The van der Waals surface area contributed by atoms with Crippen molar-refractivity contribution < 1.29 is 9.53 Å². The van der Waals surface area contributed by atoms with E-state index in [0.717, 1.165) is 12.2 Å². The summed E-state index contributed by atoms with van der Waals surface area (Å²) < 4.78 is 6.54. The molecule has 1 aromatic carbocycles. The lowest BCUT2D eigenvalue weighted by molar-refractivity contribution is -0.121. The van der Waals surface area contributed by atoms with Crippen LogP contribution in [0.5, 0.6) is 5.75 Å². The van der Waals surface area contributed by atoms with Crippen molar-refractivity contribution in [3.05, 3.63) is 29.1 Å². The fraction of sp³-hybridized carbons (Fsp3) is 0.438. The summed E-state index contributed by atoms with van der Waals surface area (Å²) in [6.07, 6.45) is 4.03. The van der Waals surface area contributed by atoms with Crippen molar-refractivity contribution in [3.63, 3.8) is 0 Å². The lowest BCUT2D eigenvalue weighted by Gasteiger charge is -2.05. The molecule has 20 heavy (non-hydrogen) atoms. The Hall–Kier alpha value is -1.55. The maximum absolute atomic E-state index is 11.7. The Morgan fingerprint density at radius 1 is 1.45 bits per heavy atom. The molecule has 0 aliphatic heterocycles. The smallest absolute Gasteiger partial charge is 0.220 e. The van der Waals surface area contributed by atoms with E-state index in [4.69, 9.17) is 4.74 Å². The summed E-state index contributed by atoms with van der Waals surface area (Å²) in [5, 5.41) is 6.44. The van der Waals surface area contributed by atoms with E-state index in [1.165, 1.54) is 28.5 Å². The van der Waals surface area contributed by atoms with Crippen molar-refractivity contribution in [2.45, 2.75) is 25.7 Å². The van der Waals surface area contributed by atoms with E-state index in [-0.39, 0.29) is 5.91 Å². The first-order chi connectivity index (χ1) is 9.76. The van der Waals surface area contributed by atoms with Crippen molar-refractivity contribution in [2.75, 3.05) is 13.7 Å². The molecule has 1 N–H and O–H groups in total. The summed E-state index contributed by atoms with van der Waals surface area (Å²) in [5.41, 5.74) is 1.29. The number of rotatable bonds is 6.